The van der Waals surface area contributed by atoms with Crippen LogP contribution in [0.1, 0.15) is 39.2 Å². The zero-order chi connectivity index (χ0) is 27.9. The first-order valence-electron chi connectivity index (χ1n) is 12.1. The van der Waals surface area contributed by atoms with Crippen molar-refractivity contribution in [1.82, 2.24) is 5.32 Å². The number of hydrogen-bond acceptors (Lipinski definition) is 8. The van der Waals surface area contributed by atoms with E-state index in [-0.39, 0.29) is 24.6 Å². The molecule has 10 nitrogen and oxygen atoms in total. The molecule has 1 fully saturated rings. The number of carbonyl (C=O) groups excluding carboxylic acids is 2. The fourth-order valence-corrected chi connectivity index (χ4v) is 4.77. The van der Waals surface area contributed by atoms with E-state index in [4.69, 9.17) is 9.47 Å². The third-order valence-corrected chi connectivity index (χ3v) is 6.88. The number of ether oxygens (including phenoxy) is 2. The fourth-order valence-electron chi connectivity index (χ4n) is 3.93. The summed E-state index contributed by atoms with van der Waals surface area (Å²) in [7, 11) is 0. The number of benzene rings is 2. The van der Waals surface area contributed by atoms with Gasteiger partial charge in [0.1, 0.15) is 0 Å². The van der Waals surface area contributed by atoms with E-state index >= 15 is 0 Å². The third kappa shape index (κ3) is 8.04. The summed E-state index contributed by atoms with van der Waals surface area (Å²) in [5.74, 6) is -4.61. The molecule has 11 heteroatoms. The van der Waals surface area contributed by atoms with Gasteiger partial charge in [0.25, 0.3) is 0 Å². The molecule has 3 unspecified atom stereocenters. The minimum atomic E-state index is -2.02. The van der Waals surface area contributed by atoms with E-state index in [2.05, 4.69) is 10.6 Å². The molecule has 0 spiro atoms. The number of hydrogen-bond donors (Lipinski definition) is 4. The van der Waals surface area contributed by atoms with E-state index in [9.17, 15) is 29.4 Å². The van der Waals surface area contributed by atoms with Crippen LogP contribution in [-0.4, -0.2) is 57.3 Å². The van der Waals surface area contributed by atoms with Crippen molar-refractivity contribution >= 4 is 40.4 Å². The Hall–Kier alpha value is -3.41. The molecule has 1 aliphatic heterocycles. The van der Waals surface area contributed by atoms with Crippen molar-refractivity contribution in [3.05, 3.63) is 60.2 Å². The summed E-state index contributed by atoms with van der Waals surface area (Å²) in [6, 6.07) is 15.6. The first-order valence-corrected chi connectivity index (χ1v) is 12.9. The number of amides is 1. The first kappa shape index (κ1) is 29.2. The molecular weight excluding hydrogens is 512 g/mol. The van der Waals surface area contributed by atoms with Gasteiger partial charge >= 0.3 is 11.9 Å². The molecule has 2 aromatic carbocycles. The van der Waals surface area contributed by atoms with Gasteiger partial charge in [-0.1, -0.05) is 37.3 Å². The van der Waals surface area contributed by atoms with Crippen molar-refractivity contribution in [3.63, 3.8) is 0 Å². The maximum absolute atomic E-state index is 13.1. The van der Waals surface area contributed by atoms with Crippen molar-refractivity contribution < 1.29 is 38.9 Å². The predicted octanol–water partition coefficient (Wildman–Crippen LogP) is 3.51. The van der Waals surface area contributed by atoms with Gasteiger partial charge in [-0.05, 0) is 61.9 Å². The molecule has 4 N–H and O–H groups in total. The van der Waals surface area contributed by atoms with Crippen LogP contribution in [0.2, 0.25) is 0 Å². The largest absolute Gasteiger partial charge is 0.481 e. The van der Waals surface area contributed by atoms with Crippen molar-refractivity contribution in [2.75, 3.05) is 11.9 Å². The summed E-state index contributed by atoms with van der Waals surface area (Å²) in [5.41, 5.74) is -0.827. The second kappa shape index (κ2) is 12.4. The highest BCUT2D eigenvalue weighted by Crippen LogP contribution is 2.29. The molecule has 0 saturated carbocycles. The van der Waals surface area contributed by atoms with Crippen molar-refractivity contribution in [3.8, 4) is 0 Å². The maximum atomic E-state index is 13.1. The summed E-state index contributed by atoms with van der Waals surface area (Å²) >= 11 is 1.03. The molecule has 204 valence electrons. The Morgan fingerprint density at radius 3 is 2.42 bits per heavy atom. The molecular formula is C27H32N2O8S. The molecule has 2 aromatic rings. The molecule has 1 heterocycles. The molecule has 1 amide bonds. The van der Waals surface area contributed by atoms with Crippen LogP contribution >= 0.6 is 11.8 Å². The zero-order valence-electron chi connectivity index (χ0n) is 21.4. The van der Waals surface area contributed by atoms with Gasteiger partial charge in [-0.2, -0.15) is 0 Å². The number of nitrogens with one attached hydrogen (secondary N) is 2. The van der Waals surface area contributed by atoms with Crippen LogP contribution < -0.4 is 10.6 Å². The lowest BCUT2D eigenvalue weighted by Crippen LogP contribution is -2.61. The van der Waals surface area contributed by atoms with E-state index in [0.29, 0.717) is 10.6 Å². The van der Waals surface area contributed by atoms with Gasteiger partial charge in [0, 0.05) is 29.3 Å². The van der Waals surface area contributed by atoms with Crippen LogP contribution in [-0.2, 0) is 35.1 Å². The van der Waals surface area contributed by atoms with E-state index in [1.54, 1.807) is 69.3 Å². The first-order chi connectivity index (χ1) is 17.9. The highest BCUT2D eigenvalue weighted by Gasteiger charge is 2.41. The number of para-hydroxylation sites is 1. The van der Waals surface area contributed by atoms with Gasteiger partial charge in [-0.15, -0.1) is 0 Å². The van der Waals surface area contributed by atoms with Crippen LogP contribution in [0.15, 0.2) is 59.5 Å². The summed E-state index contributed by atoms with van der Waals surface area (Å²) in [4.78, 5) is 50.0. The smallest absolute Gasteiger partial charge is 0.350 e. The molecule has 3 atom stereocenters. The Balaban J connectivity index is 1.69. The standard InChI is InChI=1S/C27H32N2O8S/c1-17(14-18-8-7-11-20(15-18)38-24(33)21-16-36-26(2,3)37-21)23(32)29-27(25(34)35,13-12-22(30)31)28-19-9-5-4-6-10-19/h4-11,15,17,21,28H,12-14,16H2,1-3H3,(H,29,32)(H,30,31)(H,34,35). The molecule has 0 aromatic heterocycles. The Morgan fingerprint density at radius 1 is 1.11 bits per heavy atom. The second-order valence-electron chi connectivity index (χ2n) is 9.58. The van der Waals surface area contributed by atoms with Gasteiger partial charge in [-0.25, -0.2) is 4.79 Å². The average Bonchev–Trinajstić information content (AvgIpc) is 3.23. The Bertz CT molecular complexity index is 1170. The molecule has 0 bridgehead atoms. The number of carboxylic acid groups (broad SMARTS) is 2. The van der Waals surface area contributed by atoms with Gasteiger partial charge in [-0.3, -0.25) is 14.4 Å². The predicted molar refractivity (Wildman–Crippen MR) is 141 cm³/mol. The van der Waals surface area contributed by atoms with Crippen LogP contribution in [0, 0.1) is 5.92 Å². The molecule has 0 radical (unpaired) electrons. The minimum Gasteiger partial charge on any atom is -0.481 e. The van der Waals surface area contributed by atoms with Crippen LogP contribution in [0.4, 0.5) is 5.69 Å². The Morgan fingerprint density at radius 2 is 1.82 bits per heavy atom. The SMILES string of the molecule is CC(Cc1cccc(SC(=O)C2COC(C)(C)O2)c1)C(=O)NC(CCC(=O)O)(Nc1ccccc1)C(=O)O. The summed E-state index contributed by atoms with van der Waals surface area (Å²) in [5, 5.41) is 24.4. The molecule has 3 rings (SSSR count). The lowest BCUT2D eigenvalue weighted by Gasteiger charge is -2.33. The van der Waals surface area contributed by atoms with Gasteiger partial charge < -0.3 is 30.3 Å². The van der Waals surface area contributed by atoms with Crippen molar-refractivity contribution in [2.24, 2.45) is 5.92 Å². The number of rotatable bonds is 12. The third-order valence-electron chi connectivity index (χ3n) is 5.92. The fraction of sp³-hybridized carbons (Fsp3) is 0.407. The number of aliphatic carboxylic acids is 2. The zero-order valence-corrected chi connectivity index (χ0v) is 22.2. The average molecular weight is 545 g/mol. The second-order valence-corrected chi connectivity index (χ2v) is 10.7. The lowest BCUT2D eigenvalue weighted by molar-refractivity contribution is -0.148. The van der Waals surface area contributed by atoms with Crippen LogP contribution in [0.25, 0.3) is 0 Å². The summed E-state index contributed by atoms with van der Waals surface area (Å²) in [6.07, 6.45) is -1.25. The number of carbonyl (C=O) groups is 4. The number of anilines is 1. The highest BCUT2D eigenvalue weighted by atomic mass is 32.2. The summed E-state index contributed by atoms with van der Waals surface area (Å²) < 4.78 is 11.1. The molecule has 0 aliphatic carbocycles. The Kier molecular flexibility index (Phi) is 9.53. The quantitative estimate of drug-likeness (QED) is 0.231. The van der Waals surface area contributed by atoms with Crippen molar-refractivity contribution in [2.45, 2.75) is 62.5 Å². The van der Waals surface area contributed by atoms with E-state index < -0.39 is 47.7 Å². The van der Waals surface area contributed by atoms with Gasteiger partial charge in [0.2, 0.25) is 16.7 Å². The molecule has 38 heavy (non-hydrogen) atoms. The van der Waals surface area contributed by atoms with Crippen molar-refractivity contribution in [1.29, 1.82) is 0 Å². The van der Waals surface area contributed by atoms with Crippen LogP contribution in [0.3, 0.4) is 0 Å². The lowest BCUT2D eigenvalue weighted by atomic mass is 9.97. The summed E-state index contributed by atoms with van der Waals surface area (Å²) in [6.45, 7) is 5.32. The van der Waals surface area contributed by atoms with Crippen LogP contribution in [0.5, 0.6) is 0 Å². The van der Waals surface area contributed by atoms with Gasteiger partial charge in [0.05, 0.1) is 6.61 Å². The topological polar surface area (TPSA) is 151 Å². The normalized spacial score (nSPS) is 18.7. The number of thioether (sulfide) groups is 1. The molecule has 1 aliphatic rings. The Labute approximate surface area is 225 Å². The monoisotopic (exact) mass is 544 g/mol. The molecule has 1 saturated heterocycles. The highest BCUT2D eigenvalue weighted by molar-refractivity contribution is 8.13. The minimum absolute atomic E-state index is 0.181. The van der Waals surface area contributed by atoms with E-state index in [0.717, 1.165) is 17.3 Å². The maximum Gasteiger partial charge on any atom is 0.350 e. The van der Waals surface area contributed by atoms with Gasteiger partial charge in [0.15, 0.2) is 11.9 Å². The van der Waals surface area contributed by atoms with E-state index in [1.165, 1.54) is 0 Å². The number of carboxylic acids is 2. The van der Waals surface area contributed by atoms with E-state index in [1.807, 2.05) is 6.07 Å².